The second-order valence-electron chi connectivity index (χ2n) is 8.12. The number of quaternary nitrogens is 1. The van der Waals surface area contributed by atoms with E-state index in [4.69, 9.17) is 9.47 Å². The van der Waals surface area contributed by atoms with Gasteiger partial charge in [-0.2, -0.15) is 0 Å². The molecule has 6 heteroatoms. The molecule has 1 fully saturated rings. The summed E-state index contributed by atoms with van der Waals surface area (Å²) >= 11 is 0. The van der Waals surface area contributed by atoms with Crippen LogP contribution in [0.2, 0.25) is 0 Å². The molecular formula is C24H29N2O4+. The third kappa shape index (κ3) is 4.33. The molecule has 3 atom stereocenters. The Morgan fingerprint density at radius 2 is 1.87 bits per heavy atom. The molecule has 2 aliphatic heterocycles. The Morgan fingerprint density at radius 1 is 1.07 bits per heavy atom. The minimum absolute atomic E-state index is 0.0150. The summed E-state index contributed by atoms with van der Waals surface area (Å²) in [4.78, 5) is 25.8. The normalized spacial score (nSPS) is 21.5. The third-order valence-electron chi connectivity index (χ3n) is 6.07. The Morgan fingerprint density at radius 3 is 2.67 bits per heavy atom. The Labute approximate surface area is 177 Å². The number of nitrogens with one attached hydrogen (secondary N) is 2. The van der Waals surface area contributed by atoms with Gasteiger partial charge in [0.05, 0.1) is 19.8 Å². The van der Waals surface area contributed by atoms with Crippen molar-refractivity contribution in [3.8, 4) is 11.5 Å². The molecule has 2 heterocycles. The highest BCUT2D eigenvalue weighted by atomic mass is 16.5. The number of fused-ring (bicyclic) bond motifs is 1. The van der Waals surface area contributed by atoms with Gasteiger partial charge >= 0.3 is 0 Å². The highest BCUT2D eigenvalue weighted by Crippen LogP contribution is 2.33. The number of rotatable bonds is 5. The number of hydrogen-bond acceptors (Lipinski definition) is 4. The standard InChI is InChI=1S/C24H28N2O4/c1-16(24(28)25-20-7-3-6-18(14-20)17(2)27)26-11-4-8-21(26)19-9-10-22-23(15-19)30-13-5-12-29-22/h3,6-7,9-10,14-16,21H,4-5,8,11-13H2,1-2H3,(H,25,28)/p+1/t16-,21+/m0/s1. The van der Waals surface area contributed by atoms with Gasteiger partial charge in [0.15, 0.2) is 23.3 Å². The topological polar surface area (TPSA) is 69.1 Å². The Balaban J connectivity index is 1.49. The van der Waals surface area contributed by atoms with Gasteiger partial charge in [-0.05, 0) is 44.2 Å². The van der Waals surface area contributed by atoms with Gasteiger partial charge in [0, 0.05) is 36.1 Å². The number of amides is 1. The van der Waals surface area contributed by atoms with Crippen LogP contribution in [-0.2, 0) is 4.79 Å². The van der Waals surface area contributed by atoms with Crippen LogP contribution in [0.15, 0.2) is 42.5 Å². The summed E-state index contributed by atoms with van der Waals surface area (Å²) < 4.78 is 11.6. The minimum atomic E-state index is -0.213. The average molecular weight is 410 g/mol. The molecule has 158 valence electrons. The summed E-state index contributed by atoms with van der Waals surface area (Å²) in [5, 5.41) is 2.99. The van der Waals surface area contributed by atoms with Crippen LogP contribution in [0.4, 0.5) is 5.69 Å². The molecule has 0 bridgehead atoms. The molecule has 2 aromatic carbocycles. The van der Waals surface area contributed by atoms with E-state index in [1.54, 1.807) is 18.2 Å². The van der Waals surface area contributed by atoms with Crippen LogP contribution in [0.1, 0.15) is 55.1 Å². The van der Waals surface area contributed by atoms with Crippen LogP contribution in [0, 0.1) is 0 Å². The first-order valence-electron chi connectivity index (χ1n) is 10.7. The van der Waals surface area contributed by atoms with Crippen molar-refractivity contribution >= 4 is 17.4 Å². The van der Waals surface area contributed by atoms with Crippen LogP contribution in [0.3, 0.4) is 0 Å². The fourth-order valence-corrected chi connectivity index (χ4v) is 4.40. The van der Waals surface area contributed by atoms with Gasteiger partial charge in [-0.1, -0.05) is 12.1 Å². The molecule has 0 saturated carbocycles. The van der Waals surface area contributed by atoms with E-state index >= 15 is 0 Å². The molecule has 4 rings (SSSR count). The molecule has 6 nitrogen and oxygen atoms in total. The third-order valence-corrected chi connectivity index (χ3v) is 6.07. The van der Waals surface area contributed by atoms with Crippen molar-refractivity contribution < 1.29 is 24.0 Å². The molecule has 0 aromatic heterocycles. The number of likely N-dealkylation sites (tertiary alicyclic amines) is 1. The molecule has 1 unspecified atom stereocenters. The summed E-state index contributed by atoms with van der Waals surface area (Å²) in [5.74, 6) is 1.55. The summed E-state index contributed by atoms with van der Waals surface area (Å²) in [7, 11) is 0. The lowest BCUT2D eigenvalue weighted by Crippen LogP contribution is -3.15. The first-order valence-corrected chi connectivity index (χ1v) is 10.7. The van der Waals surface area contributed by atoms with Crippen molar-refractivity contribution in [3.05, 3.63) is 53.6 Å². The lowest BCUT2D eigenvalue weighted by molar-refractivity contribution is -0.932. The predicted octanol–water partition coefficient (Wildman–Crippen LogP) is 2.80. The van der Waals surface area contributed by atoms with E-state index in [0.29, 0.717) is 24.5 Å². The first-order chi connectivity index (χ1) is 14.5. The summed E-state index contributed by atoms with van der Waals surface area (Å²) in [5.41, 5.74) is 2.44. The van der Waals surface area contributed by atoms with E-state index in [2.05, 4.69) is 17.4 Å². The van der Waals surface area contributed by atoms with Crippen LogP contribution in [-0.4, -0.2) is 37.5 Å². The minimum Gasteiger partial charge on any atom is -0.490 e. The molecule has 1 amide bonds. The van der Waals surface area contributed by atoms with Gasteiger partial charge in [0.2, 0.25) is 0 Å². The van der Waals surface area contributed by atoms with Crippen LogP contribution in [0.5, 0.6) is 11.5 Å². The van der Waals surface area contributed by atoms with E-state index in [1.807, 2.05) is 19.1 Å². The predicted molar refractivity (Wildman–Crippen MR) is 114 cm³/mol. The maximum atomic E-state index is 13.0. The number of ether oxygens (including phenoxy) is 2. The molecule has 1 saturated heterocycles. The highest BCUT2D eigenvalue weighted by Gasteiger charge is 2.37. The number of ketones is 1. The SMILES string of the molecule is CC(=O)c1cccc(NC(=O)[C@H](C)[NH+]2CCC[C@@H]2c2ccc3c(c2)OCCCO3)c1. The van der Waals surface area contributed by atoms with Gasteiger partial charge in [-0.3, -0.25) is 9.59 Å². The zero-order chi connectivity index (χ0) is 21.1. The summed E-state index contributed by atoms with van der Waals surface area (Å²) in [6, 6.07) is 13.3. The van der Waals surface area contributed by atoms with Gasteiger partial charge in [-0.25, -0.2) is 0 Å². The Kier molecular flexibility index (Phi) is 6.04. The van der Waals surface area contributed by atoms with E-state index in [-0.39, 0.29) is 23.8 Å². The number of anilines is 1. The molecule has 30 heavy (non-hydrogen) atoms. The summed E-state index contributed by atoms with van der Waals surface area (Å²) in [6.45, 7) is 5.78. The molecule has 0 spiro atoms. The van der Waals surface area contributed by atoms with Crippen molar-refractivity contribution in [1.82, 2.24) is 0 Å². The molecule has 2 aromatic rings. The second kappa shape index (κ2) is 8.88. The van der Waals surface area contributed by atoms with E-state index in [0.717, 1.165) is 37.3 Å². The zero-order valence-corrected chi connectivity index (χ0v) is 17.6. The Hall–Kier alpha value is -2.86. The van der Waals surface area contributed by atoms with Crippen LogP contribution < -0.4 is 19.7 Å². The molecular weight excluding hydrogens is 380 g/mol. The van der Waals surface area contributed by atoms with Gasteiger partial charge in [0.1, 0.15) is 6.04 Å². The quantitative estimate of drug-likeness (QED) is 0.745. The van der Waals surface area contributed by atoms with E-state index < -0.39 is 0 Å². The van der Waals surface area contributed by atoms with Crippen LogP contribution >= 0.6 is 0 Å². The Bertz CT molecular complexity index is 943. The number of carbonyl (C=O) groups excluding carboxylic acids is 2. The van der Waals surface area contributed by atoms with Crippen molar-refractivity contribution in [2.24, 2.45) is 0 Å². The van der Waals surface area contributed by atoms with Crippen molar-refractivity contribution in [2.45, 2.75) is 45.2 Å². The van der Waals surface area contributed by atoms with E-state index in [9.17, 15) is 9.59 Å². The molecule has 0 radical (unpaired) electrons. The maximum absolute atomic E-state index is 13.0. The maximum Gasteiger partial charge on any atom is 0.282 e. The molecule has 2 N–H and O–H groups in total. The lowest BCUT2D eigenvalue weighted by atomic mass is 10.0. The van der Waals surface area contributed by atoms with Crippen molar-refractivity contribution in [3.63, 3.8) is 0 Å². The number of hydrogen-bond donors (Lipinski definition) is 2. The van der Waals surface area contributed by atoms with Gasteiger partial charge in [-0.15, -0.1) is 0 Å². The number of Topliss-reactive ketones (excluding diaryl/α,β-unsaturated/α-hetero) is 1. The fraction of sp³-hybridized carbons (Fsp3) is 0.417. The largest absolute Gasteiger partial charge is 0.490 e. The monoisotopic (exact) mass is 409 g/mol. The zero-order valence-electron chi connectivity index (χ0n) is 17.6. The molecule has 0 aliphatic carbocycles. The second-order valence-corrected chi connectivity index (χ2v) is 8.12. The molecule has 2 aliphatic rings. The van der Waals surface area contributed by atoms with Crippen LogP contribution in [0.25, 0.3) is 0 Å². The van der Waals surface area contributed by atoms with Gasteiger partial charge < -0.3 is 19.7 Å². The summed E-state index contributed by atoms with van der Waals surface area (Å²) in [6.07, 6.45) is 2.99. The lowest BCUT2D eigenvalue weighted by Gasteiger charge is -2.27. The highest BCUT2D eigenvalue weighted by molar-refractivity contribution is 5.98. The fourth-order valence-electron chi connectivity index (χ4n) is 4.40. The number of benzene rings is 2. The van der Waals surface area contributed by atoms with Crippen molar-refractivity contribution in [1.29, 1.82) is 0 Å². The first kappa shape index (κ1) is 20.4. The van der Waals surface area contributed by atoms with Crippen molar-refractivity contribution in [2.75, 3.05) is 25.1 Å². The van der Waals surface area contributed by atoms with E-state index in [1.165, 1.54) is 17.4 Å². The number of carbonyl (C=O) groups is 2. The smallest absolute Gasteiger partial charge is 0.282 e. The average Bonchev–Trinajstić information content (AvgIpc) is 3.11. The van der Waals surface area contributed by atoms with Gasteiger partial charge in [0.25, 0.3) is 5.91 Å².